The minimum absolute atomic E-state index is 0.0747. The monoisotopic (exact) mass is 592 g/mol. The Morgan fingerprint density at radius 3 is 2.10 bits per heavy atom. The lowest BCUT2D eigenvalue weighted by molar-refractivity contribution is -0.139. The van der Waals surface area contributed by atoms with Gasteiger partial charge in [0.05, 0.1) is 30.5 Å². The summed E-state index contributed by atoms with van der Waals surface area (Å²) in [5.41, 5.74) is 0.834. The van der Waals surface area contributed by atoms with Crippen LogP contribution in [0.3, 0.4) is 0 Å². The van der Waals surface area contributed by atoms with E-state index in [9.17, 15) is 20.1 Å². The third-order valence-corrected chi connectivity index (χ3v) is 9.01. The summed E-state index contributed by atoms with van der Waals surface area (Å²) in [6, 6.07) is 0. The predicted octanol–water partition coefficient (Wildman–Crippen LogP) is 8.26. The molecule has 1 fully saturated rings. The van der Waals surface area contributed by atoms with Crippen LogP contribution >= 0.6 is 0 Å². The van der Waals surface area contributed by atoms with Gasteiger partial charge >= 0.3 is 5.97 Å². The minimum atomic E-state index is -0.804. The van der Waals surface area contributed by atoms with E-state index in [1.54, 1.807) is 0 Å². The molecule has 2 rings (SSSR count). The van der Waals surface area contributed by atoms with Gasteiger partial charge in [0.1, 0.15) is 6.10 Å². The fraction of sp³-hybridized carbons (Fsp3) is 0.861. The Labute approximate surface area is 257 Å². The number of hydrogen-bond acceptors (Lipinski definition) is 6. The summed E-state index contributed by atoms with van der Waals surface area (Å²) in [5.74, 6) is -0.147. The standard InChI is InChI=1S/C36H64O6/c1-3-4-5-6-7-8-9-10-11-12-13-17-20-23-32(37)33(38)25-26-34(39)35-27-24-31(42-35)22-19-16-14-15-18-21-30-28-29(2)41-36(30)40/h13,17,28-29,31-35,37-39H,3-12,14-16,18-27H2,1-2H3/b17-13-. The highest BCUT2D eigenvalue weighted by Crippen LogP contribution is 2.28. The van der Waals surface area contributed by atoms with Crippen molar-refractivity contribution in [2.45, 2.75) is 198 Å². The van der Waals surface area contributed by atoms with Crippen LogP contribution in [0.4, 0.5) is 0 Å². The zero-order valence-electron chi connectivity index (χ0n) is 27.0. The number of aliphatic hydroxyl groups is 3. The Bertz CT molecular complexity index is 749. The van der Waals surface area contributed by atoms with Crippen LogP contribution < -0.4 is 0 Å². The van der Waals surface area contributed by atoms with Crippen LogP contribution in [0.5, 0.6) is 0 Å². The van der Waals surface area contributed by atoms with Crippen molar-refractivity contribution in [1.82, 2.24) is 0 Å². The van der Waals surface area contributed by atoms with Gasteiger partial charge in [0.15, 0.2) is 0 Å². The highest BCUT2D eigenvalue weighted by molar-refractivity contribution is 5.90. The van der Waals surface area contributed by atoms with Crippen LogP contribution in [0, 0.1) is 0 Å². The van der Waals surface area contributed by atoms with Gasteiger partial charge in [0.25, 0.3) is 0 Å². The molecule has 3 N–H and O–H groups in total. The van der Waals surface area contributed by atoms with Gasteiger partial charge in [-0.05, 0) is 83.6 Å². The number of esters is 1. The van der Waals surface area contributed by atoms with Crippen LogP contribution in [0.2, 0.25) is 0 Å². The molecule has 0 aromatic heterocycles. The van der Waals surface area contributed by atoms with Gasteiger partial charge in [-0.2, -0.15) is 0 Å². The van der Waals surface area contributed by atoms with Gasteiger partial charge in [0.2, 0.25) is 0 Å². The van der Waals surface area contributed by atoms with Crippen molar-refractivity contribution in [2.75, 3.05) is 0 Å². The van der Waals surface area contributed by atoms with Crippen LogP contribution in [0.25, 0.3) is 0 Å². The molecule has 0 saturated carbocycles. The molecular weight excluding hydrogens is 528 g/mol. The molecule has 244 valence electrons. The molecule has 2 aliphatic rings. The highest BCUT2D eigenvalue weighted by Gasteiger charge is 2.31. The number of carbonyl (C=O) groups is 1. The molecule has 2 aliphatic heterocycles. The summed E-state index contributed by atoms with van der Waals surface area (Å²) in [5, 5.41) is 31.4. The molecule has 6 atom stereocenters. The minimum Gasteiger partial charge on any atom is -0.455 e. The van der Waals surface area contributed by atoms with Crippen molar-refractivity contribution < 1.29 is 29.6 Å². The van der Waals surface area contributed by atoms with Crippen LogP contribution in [-0.4, -0.2) is 57.9 Å². The molecule has 42 heavy (non-hydrogen) atoms. The van der Waals surface area contributed by atoms with E-state index in [-0.39, 0.29) is 24.3 Å². The van der Waals surface area contributed by atoms with E-state index in [1.807, 2.05) is 13.0 Å². The lowest BCUT2D eigenvalue weighted by atomic mass is 9.98. The fourth-order valence-electron chi connectivity index (χ4n) is 6.25. The molecule has 0 radical (unpaired) electrons. The predicted molar refractivity (Wildman–Crippen MR) is 171 cm³/mol. The summed E-state index contributed by atoms with van der Waals surface area (Å²) >= 11 is 0. The second-order valence-corrected chi connectivity index (χ2v) is 12.9. The van der Waals surface area contributed by atoms with Gasteiger partial charge < -0.3 is 24.8 Å². The molecule has 2 heterocycles. The van der Waals surface area contributed by atoms with Gasteiger partial charge in [-0.1, -0.05) is 96.1 Å². The summed E-state index contributed by atoms with van der Waals surface area (Å²) in [6.07, 6.45) is 28.7. The molecule has 1 saturated heterocycles. The molecule has 6 heteroatoms. The zero-order valence-corrected chi connectivity index (χ0v) is 27.0. The van der Waals surface area contributed by atoms with Crippen molar-refractivity contribution >= 4 is 5.97 Å². The molecule has 0 amide bonds. The summed E-state index contributed by atoms with van der Waals surface area (Å²) < 4.78 is 11.3. The molecule has 0 spiro atoms. The molecule has 0 bridgehead atoms. The molecule has 6 unspecified atom stereocenters. The van der Waals surface area contributed by atoms with E-state index >= 15 is 0 Å². The average Bonchev–Trinajstić information content (AvgIpc) is 3.58. The first-order valence-electron chi connectivity index (χ1n) is 17.7. The lowest BCUT2D eigenvalue weighted by Gasteiger charge is -2.22. The number of rotatable bonds is 26. The van der Waals surface area contributed by atoms with Crippen molar-refractivity contribution in [2.24, 2.45) is 0 Å². The molecule has 6 nitrogen and oxygen atoms in total. The first kappa shape index (κ1) is 37.0. The van der Waals surface area contributed by atoms with E-state index < -0.39 is 18.3 Å². The van der Waals surface area contributed by atoms with Gasteiger partial charge in [-0.15, -0.1) is 0 Å². The average molecular weight is 593 g/mol. The number of cyclic esters (lactones) is 1. The molecule has 0 aliphatic carbocycles. The molecular formula is C36H64O6. The van der Waals surface area contributed by atoms with E-state index in [2.05, 4.69) is 19.1 Å². The SMILES string of the molecule is CCCCCCCCCCC/C=C\CCC(O)C(O)CCC(O)C1CCC(CCCCCCCC2=CC(C)OC2=O)O1. The lowest BCUT2D eigenvalue weighted by Crippen LogP contribution is -2.31. The zero-order chi connectivity index (χ0) is 30.4. The Hall–Kier alpha value is -1.21. The smallest absolute Gasteiger partial charge is 0.334 e. The third kappa shape index (κ3) is 16.6. The number of carbonyl (C=O) groups excluding carboxylic acids is 1. The quantitative estimate of drug-likeness (QED) is 0.0532. The maximum Gasteiger partial charge on any atom is 0.334 e. The first-order chi connectivity index (χ1) is 20.4. The normalized spacial score (nSPS) is 22.9. The van der Waals surface area contributed by atoms with E-state index in [1.165, 1.54) is 57.8 Å². The maximum absolute atomic E-state index is 11.6. The topological polar surface area (TPSA) is 96.2 Å². The largest absolute Gasteiger partial charge is 0.455 e. The highest BCUT2D eigenvalue weighted by atomic mass is 16.5. The summed E-state index contributed by atoms with van der Waals surface area (Å²) in [6.45, 7) is 4.16. The number of aliphatic hydroxyl groups excluding tert-OH is 3. The number of hydrogen-bond donors (Lipinski definition) is 3. The summed E-state index contributed by atoms with van der Waals surface area (Å²) in [7, 11) is 0. The number of ether oxygens (including phenoxy) is 2. The molecule has 0 aromatic carbocycles. The van der Waals surface area contributed by atoms with Crippen LogP contribution in [0.15, 0.2) is 23.8 Å². The number of unbranched alkanes of at least 4 members (excludes halogenated alkanes) is 13. The second kappa shape index (κ2) is 23.2. The van der Waals surface area contributed by atoms with Gasteiger partial charge in [0, 0.05) is 5.57 Å². The van der Waals surface area contributed by atoms with E-state index in [0.717, 1.165) is 76.2 Å². The van der Waals surface area contributed by atoms with Crippen molar-refractivity contribution in [3.8, 4) is 0 Å². The van der Waals surface area contributed by atoms with Crippen molar-refractivity contribution in [3.05, 3.63) is 23.8 Å². The van der Waals surface area contributed by atoms with E-state index in [4.69, 9.17) is 9.47 Å². The Morgan fingerprint density at radius 1 is 0.786 bits per heavy atom. The Balaban J connectivity index is 1.41. The van der Waals surface area contributed by atoms with Crippen molar-refractivity contribution in [3.63, 3.8) is 0 Å². The van der Waals surface area contributed by atoms with E-state index in [0.29, 0.717) is 19.3 Å². The third-order valence-electron chi connectivity index (χ3n) is 9.01. The van der Waals surface area contributed by atoms with Crippen LogP contribution in [-0.2, 0) is 14.3 Å². The Kier molecular flexibility index (Phi) is 20.4. The molecule has 0 aromatic rings. The van der Waals surface area contributed by atoms with Gasteiger partial charge in [-0.25, -0.2) is 4.79 Å². The maximum atomic E-state index is 11.6. The van der Waals surface area contributed by atoms with Gasteiger partial charge in [-0.3, -0.25) is 0 Å². The fourth-order valence-corrected chi connectivity index (χ4v) is 6.25. The summed E-state index contributed by atoms with van der Waals surface area (Å²) in [4.78, 5) is 11.6. The van der Waals surface area contributed by atoms with Crippen LogP contribution in [0.1, 0.15) is 162 Å². The Morgan fingerprint density at radius 2 is 1.40 bits per heavy atom. The van der Waals surface area contributed by atoms with Crippen molar-refractivity contribution in [1.29, 1.82) is 0 Å². The first-order valence-corrected chi connectivity index (χ1v) is 17.7. The number of allylic oxidation sites excluding steroid dienone is 2. The second-order valence-electron chi connectivity index (χ2n) is 12.9.